The summed E-state index contributed by atoms with van der Waals surface area (Å²) in [6.45, 7) is 6.52. The van der Waals surface area contributed by atoms with Crippen molar-refractivity contribution in [3.05, 3.63) is 60.7 Å². The highest BCUT2D eigenvalue weighted by atomic mass is 16.3. The molecule has 0 saturated heterocycles. The molecular formula is C16H21NO. The van der Waals surface area contributed by atoms with E-state index in [9.17, 15) is 0 Å². The molecule has 2 aromatic rings. The first-order chi connectivity index (χ1) is 8.77. The molecule has 0 unspecified atom stereocenters. The number of hydrogen-bond acceptors (Lipinski definition) is 2. The standard InChI is InChI=1S/C10H15N.C6H6O/c1-3-11(4-2)10-8-6-5-7-9-10;7-6-4-2-1-3-5-6/h5-9H,3-4H2,1-2H3;1-5,7H. The summed E-state index contributed by atoms with van der Waals surface area (Å²) >= 11 is 0. The fourth-order valence-corrected chi connectivity index (χ4v) is 1.66. The van der Waals surface area contributed by atoms with Crippen molar-refractivity contribution >= 4 is 5.69 Å². The Labute approximate surface area is 110 Å². The Kier molecular flexibility index (Phi) is 6.41. The van der Waals surface area contributed by atoms with E-state index in [1.165, 1.54) is 5.69 Å². The summed E-state index contributed by atoms with van der Waals surface area (Å²) in [5.74, 6) is 0.322. The number of aromatic hydroxyl groups is 1. The third-order valence-electron chi connectivity index (χ3n) is 2.64. The first kappa shape index (κ1) is 14.1. The second-order valence-corrected chi connectivity index (χ2v) is 3.84. The Morgan fingerprint density at radius 2 is 1.22 bits per heavy atom. The number of benzene rings is 2. The number of nitrogens with zero attached hydrogens (tertiary/aromatic N) is 1. The van der Waals surface area contributed by atoms with E-state index in [-0.39, 0.29) is 0 Å². The van der Waals surface area contributed by atoms with Crippen LogP contribution in [-0.4, -0.2) is 18.2 Å². The van der Waals surface area contributed by atoms with E-state index in [0.29, 0.717) is 5.75 Å². The van der Waals surface area contributed by atoms with Crippen LogP contribution in [-0.2, 0) is 0 Å². The summed E-state index contributed by atoms with van der Waals surface area (Å²) in [6.07, 6.45) is 0. The molecule has 0 aromatic heterocycles. The van der Waals surface area contributed by atoms with Crippen LogP contribution in [0.4, 0.5) is 5.69 Å². The highest BCUT2D eigenvalue weighted by molar-refractivity contribution is 5.45. The zero-order chi connectivity index (χ0) is 13.2. The smallest absolute Gasteiger partial charge is 0.115 e. The molecule has 0 aliphatic rings. The molecule has 0 spiro atoms. The van der Waals surface area contributed by atoms with Gasteiger partial charge in [0.25, 0.3) is 0 Å². The van der Waals surface area contributed by atoms with Crippen molar-refractivity contribution < 1.29 is 5.11 Å². The van der Waals surface area contributed by atoms with Gasteiger partial charge < -0.3 is 10.0 Å². The van der Waals surface area contributed by atoms with Crippen molar-refractivity contribution in [2.24, 2.45) is 0 Å². The molecule has 96 valence electrons. The molecule has 0 amide bonds. The Morgan fingerprint density at radius 3 is 1.56 bits per heavy atom. The van der Waals surface area contributed by atoms with Crippen LogP contribution in [0.5, 0.6) is 5.75 Å². The van der Waals surface area contributed by atoms with E-state index in [1.54, 1.807) is 24.3 Å². The van der Waals surface area contributed by atoms with Crippen LogP contribution in [0, 0.1) is 0 Å². The topological polar surface area (TPSA) is 23.5 Å². The maximum atomic E-state index is 8.63. The Balaban J connectivity index is 0.000000199. The summed E-state index contributed by atoms with van der Waals surface area (Å²) in [7, 11) is 0. The van der Waals surface area contributed by atoms with E-state index >= 15 is 0 Å². The minimum Gasteiger partial charge on any atom is -0.508 e. The van der Waals surface area contributed by atoms with Gasteiger partial charge >= 0.3 is 0 Å². The Morgan fingerprint density at radius 1 is 0.778 bits per heavy atom. The molecule has 2 heteroatoms. The van der Waals surface area contributed by atoms with Crippen molar-refractivity contribution in [1.29, 1.82) is 0 Å². The summed E-state index contributed by atoms with van der Waals surface area (Å²) < 4.78 is 0. The monoisotopic (exact) mass is 243 g/mol. The van der Waals surface area contributed by atoms with Gasteiger partial charge in [0.2, 0.25) is 0 Å². The minimum atomic E-state index is 0.322. The van der Waals surface area contributed by atoms with E-state index in [1.807, 2.05) is 12.1 Å². The highest BCUT2D eigenvalue weighted by Gasteiger charge is 1.97. The van der Waals surface area contributed by atoms with E-state index < -0.39 is 0 Å². The normalized spacial score (nSPS) is 9.22. The van der Waals surface area contributed by atoms with Gasteiger partial charge in [-0.3, -0.25) is 0 Å². The number of hydrogen-bond donors (Lipinski definition) is 1. The van der Waals surface area contributed by atoms with Crippen molar-refractivity contribution in [1.82, 2.24) is 0 Å². The molecular weight excluding hydrogens is 222 g/mol. The lowest BCUT2D eigenvalue weighted by atomic mass is 10.3. The summed E-state index contributed by atoms with van der Waals surface area (Å²) in [4.78, 5) is 2.33. The molecule has 0 aliphatic heterocycles. The van der Waals surface area contributed by atoms with Gasteiger partial charge in [0, 0.05) is 18.8 Å². The number of para-hydroxylation sites is 2. The highest BCUT2D eigenvalue weighted by Crippen LogP contribution is 2.11. The van der Waals surface area contributed by atoms with Gasteiger partial charge in [-0.1, -0.05) is 36.4 Å². The van der Waals surface area contributed by atoms with Gasteiger partial charge in [-0.05, 0) is 38.1 Å². The third kappa shape index (κ3) is 4.91. The third-order valence-corrected chi connectivity index (χ3v) is 2.64. The molecule has 0 radical (unpaired) electrons. The van der Waals surface area contributed by atoms with Crippen LogP contribution in [0.25, 0.3) is 0 Å². The second-order valence-electron chi connectivity index (χ2n) is 3.84. The van der Waals surface area contributed by atoms with Crippen LogP contribution in [0.2, 0.25) is 0 Å². The van der Waals surface area contributed by atoms with Crippen LogP contribution in [0.15, 0.2) is 60.7 Å². The first-order valence-corrected chi connectivity index (χ1v) is 6.32. The summed E-state index contributed by atoms with van der Waals surface area (Å²) in [6, 6.07) is 19.2. The molecule has 18 heavy (non-hydrogen) atoms. The number of rotatable bonds is 3. The first-order valence-electron chi connectivity index (χ1n) is 6.32. The predicted octanol–water partition coefficient (Wildman–Crippen LogP) is 3.93. The number of anilines is 1. The fraction of sp³-hybridized carbons (Fsp3) is 0.250. The summed E-state index contributed by atoms with van der Waals surface area (Å²) in [5, 5.41) is 8.63. The van der Waals surface area contributed by atoms with Gasteiger partial charge in [-0.25, -0.2) is 0 Å². The van der Waals surface area contributed by atoms with Crippen LogP contribution in [0.3, 0.4) is 0 Å². The molecule has 2 aromatic carbocycles. The van der Waals surface area contributed by atoms with Crippen LogP contribution in [0.1, 0.15) is 13.8 Å². The summed E-state index contributed by atoms with van der Waals surface area (Å²) in [5.41, 5.74) is 1.32. The molecule has 0 saturated carbocycles. The maximum Gasteiger partial charge on any atom is 0.115 e. The van der Waals surface area contributed by atoms with E-state index in [4.69, 9.17) is 5.11 Å². The molecule has 2 rings (SSSR count). The van der Waals surface area contributed by atoms with E-state index in [0.717, 1.165) is 13.1 Å². The zero-order valence-electron chi connectivity index (χ0n) is 11.1. The number of phenolic OH excluding ortho intramolecular Hbond substituents is 1. The molecule has 2 nitrogen and oxygen atoms in total. The quantitative estimate of drug-likeness (QED) is 0.883. The van der Waals surface area contributed by atoms with Crippen LogP contribution < -0.4 is 4.90 Å². The molecule has 0 heterocycles. The average molecular weight is 243 g/mol. The fourth-order valence-electron chi connectivity index (χ4n) is 1.66. The number of phenols is 1. The lowest BCUT2D eigenvalue weighted by molar-refractivity contribution is 0.475. The predicted molar refractivity (Wildman–Crippen MR) is 78.1 cm³/mol. The van der Waals surface area contributed by atoms with Crippen molar-refractivity contribution in [3.8, 4) is 5.75 Å². The molecule has 1 N–H and O–H groups in total. The zero-order valence-corrected chi connectivity index (χ0v) is 11.1. The van der Waals surface area contributed by atoms with E-state index in [2.05, 4.69) is 43.0 Å². The molecule has 0 atom stereocenters. The molecule has 0 aliphatic carbocycles. The largest absolute Gasteiger partial charge is 0.508 e. The Hall–Kier alpha value is -1.96. The van der Waals surface area contributed by atoms with Crippen LogP contribution >= 0.6 is 0 Å². The van der Waals surface area contributed by atoms with Crippen molar-refractivity contribution in [3.63, 3.8) is 0 Å². The Bertz CT molecular complexity index is 410. The van der Waals surface area contributed by atoms with Gasteiger partial charge in [0.05, 0.1) is 0 Å². The lowest BCUT2D eigenvalue weighted by Gasteiger charge is -2.20. The van der Waals surface area contributed by atoms with Crippen molar-refractivity contribution in [2.75, 3.05) is 18.0 Å². The van der Waals surface area contributed by atoms with Gasteiger partial charge in [0.15, 0.2) is 0 Å². The van der Waals surface area contributed by atoms with Crippen molar-refractivity contribution in [2.45, 2.75) is 13.8 Å². The molecule has 0 fully saturated rings. The lowest BCUT2D eigenvalue weighted by Crippen LogP contribution is -2.21. The van der Waals surface area contributed by atoms with Gasteiger partial charge in [-0.15, -0.1) is 0 Å². The maximum absolute atomic E-state index is 8.63. The van der Waals surface area contributed by atoms with Gasteiger partial charge in [-0.2, -0.15) is 0 Å². The SMILES string of the molecule is CCN(CC)c1ccccc1.Oc1ccccc1. The molecule has 0 bridgehead atoms. The second kappa shape index (κ2) is 8.18. The van der Waals surface area contributed by atoms with Gasteiger partial charge in [0.1, 0.15) is 5.75 Å². The average Bonchev–Trinajstić information content (AvgIpc) is 2.43. The minimum absolute atomic E-state index is 0.322.